The number of epoxide rings is 1. The lowest BCUT2D eigenvalue weighted by atomic mass is 9.97. The molecule has 1 aromatic rings. The molecule has 0 spiro atoms. The Morgan fingerprint density at radius 2 is 2.06 bits per heavy atom. The van der Waals surface area contributed by atoms with Gasteiger partial charge in [-0.05, 0) is 25.2 Å². The third-order valence-electron chi connectivity index (χ3n) is 3.19. The highest BCUT2D eigenvalue weighted by molar-refractivity contribution is 6.69. The lowest BCUT2D eigenvalue weighted by Crippen LogP contribution is -2.42. The fourth-order valence-electron chi connectivity index (χ4n) is 2.64. The molecule has 3 atom stereocenters. The molecule has 1 saturated heterocycles. The highest BCUT2D eigenvalue weighted by atomic mass is 28.4. The smallest absolute Gasteiger partial charge is 0.200 e. The Morgan fingerprint density at radius 3 is 2.71 bits per heavy atom. The molecule has 1 aliphatic carbocycles. The van der Waals surface area contributed by atoms with Crippen LogP contribution in [0.2, 0.25) is 19.6 Å². The first-order valence-electron chi connectivity index (χ1n) is 5.84. The lowest BCUT2D eigenvalue weighted by Gasteiger charge is -2.31. The van der Waals surface area contributed by atoms with Crippen molar-refractivity contribution in [2.75, 3.05) is 0 Å². The van der Waals surface area contributed by atoms with Crippen LogP contribution in [0.15, 0.2) is 24.3 Å². The normalized spacial score (nSPS) is 33.8. The van der Waals surface area contributed by atoms with Crippen LogP contribution >= 0.6 is 0 Å². The van der Waals surface area contributed by atoms with Crippen LogP contribution in [0, 0.1) is 11.3 Å². The number of nitrogens with zero attached hydrogens (tertiary/aromatic N) is 1. The second-order valence-corrected chi connectivity index (χ2v) is 10.1. The number of rotatable bonds is 2. The number of hydrogen-bond acceptors (Lipinski definition) is 3. The number of fused-ring (bicyclic) bond motifs is 3. The Balaban J connectivity index is 2.11. The van der Waals surface area contributed by atoms with Crippen LogP contribution in [0.3, 0.4) is 0 Å². The highest BCUT2D eigenvalue weighted by Crippen LogP contribution is 2.59. The molecular weight excluding hydrogens is 230 g/mol. The van der Waals surface area contributed by atoms with Gasteiger partial charge in [-0.1, -0.05) is 24.3 Å². The fourth-order valence-corrected chi connectivity index (χ4v) is 3.87. The molecule has 0 aromatic heterocycles. The molecule has 0 amide bonds. The third kappa shape index (κ3) is 1.47. The van der Waals surface area contributed by atoms with E-state index in [2.05, 4.69) is 25.7 Å². The van der Waals surface area contributed by atoms with E-state index in [9.17, 15) is 5.26 Å². The Hall–Kier alpha value is -1.15. The molecule has 3 rings (SSSR count). The molecule has 2 aliphatic rings. The topological polar surface area (TPSA) is 45.5 Å². The standard InChI is InChI=1S/C13H15NO2Si/c1-17(2,3)16-13(8-14)10-7-5-4-6-9(10)11-12(13)15-11/h4-7,11-12H,1-3H3/t11-,12-,13+/m1/s1. The minimum atomic E-state index is -1.80. The van der Waals surface area contributed by atoms with Gasteiger partial charge in [0, 0.05) is 5.56 Å². The van der Waals surface area contributed by atoms with Gasteiger partial charge < -0.3 is 9.16 Å². The Bertz CT molecular complexity index is 517. The Kier molecular flexibility index (Phi) is 2.06. The molecule has 1 aliphatic heterocycles. The van der Waals surface area contributed by atoms with Crippen LogP contribution in [0.1, 0.15) is 17.2 Å². The molecule has 1 aromatic carbocycles. The van der Waals surface area contributed by atoms with Crippen molar-refractivity contribution in [3.63, 3.8) is 0 Å². The van der Waals surface area contributed by atoms with E-state index in [0.717, 1.165) is 11.1 Å². The number of nitriles is 1. The van der Waals surface area contributed by atoms with Gasteiger partial charge in [0.05, 0.1) is 0 Å². The molecule has 3 nitrogen and oxygen atoms in total. The maximum atomic E-state index is 9.59. The first-order valence-corrected chi connectivity index (χ1v) is 9.25. The zero-order valence-corrected chi connectivity index (χ0v) is 11.2. The van der Waals surface area contributed by atoms with Crippen molar-refractivity contribution in [1.29, 1.82) is 5.26 Å². The lowest BCUT2D eigenvalue weighted by molar-refractivity contribution is 0.0810. The van der Waals surface area contributed by atoms with Crippen LogP contribution in [0.4, 0.5) is 0 Å². The van der Waals surface area contributed by atoms with Crippen molar-refractivity contribution in [2.24, 2.45) is 0 Å². The van der Waals surface area contributed by atoms with E-state index in [1.165, 1.54) is 0 Å². The van der Waals surface area contributed by atoms with Crippen molar-refractivity contribution in [1.82, 2.24) is 0 Å². The zero-order valence-electron chi connectivity index (χ0n) is 10.2. The van der Waals surface area contributed by atoms with E-state index in [1.54, 1.807) is 0 Å². The molecule has 4 heteroatoms. The number of hydrogen-bond donors (Lipinski definition) is 0. The predicted octanol–water partition coefficient (Wildman–Crippen LogP) is 2.71. The van der Waals surface area contributed by atoms with Gasteiger partial charge in [0.2, 0.25) is 0 Å². The van der Waals surface area contributed by atoms with Gasteiger partial charge in [0.25, 0.3) is 0 Å². The predicted molar refractivity (Wildman–Crippen MR) is 65.8 cm³/mol. The van der Waals surface area contributed by atoms with Crippen molar-refractivity contribution in [2.45, 2.75) is 37.5 Å². The summed E-state index contributed by atoms with van der Waals surface area (Å²) in [5, 5.41) is 9.59. The number of ether oxygens (including phenoxy) is 1. The van der Waals surface area contributed by atoms with Crippen molar-refractivity contribution < 1.29 is 9.16 Å². The Labute approximate surface area is 102 Å². The molecule has 0 radical (unpaired) electrons. The average molecular weight is 245 g/mol. The summed E-state index contributed by atoms with van der Waals surface area (Å²) in [6, 6.07) is 10.3. The van der Waals surface area contributed by atoms with E-state index < -0.39 is 13.9 Å². The molecule has 0 N–H and O–H groups in total. The van der Waals surface area contributed by atoms with Gasteiger partial charge in [-0.3, -0.25) is 0 Å². The minimum absolute atomic E-state index is 0.0715. The maximum absolute atomic E-state index is 9.59. The van der Waals surface area contributed by atoms with Crippen LogP contribution in [0.5, 0.6) is 0 Å². The first kappa shape index (κ1) is 11.0. The summed E-state index contributed by atoms with van der Waals surface area (Å²) in [6.07, 6.45) is -0.0289. The summed E-state index contributed by atoms with van der Waals surface area (Å²) >= 11 is 0. The molecule has 0 unspecified atom stereocenters. The fraction of sp³-hybridized carbons (Fsp3) is 0.462. The quantitative estimate of drug-likeness (QED) is 0.594. The average Bonchev–Trinajstić information content (AvgIpc) is 3.01. The summed E-state index contributed by atoms with van der Waals surface area (Å²) in [6.45, 7) is 6.30. The van der Waals surface area contributed by atoms with E-state index in [0.29, 0.717) is 0 Å². The first-order chi connectivity index (χ1) is 7.98. The van der Waals surface area contributed by atoms with Crippen LogP contribution in [-0.4, -0.2) is 14.4 Å². The monoisotopic (exact) mass is 245 g/mol. The summed E-state index contributed by atoms with van der Waals surface area (Å²) in [5.74, 6) is 0. The van der Waals surface area contributed by atoms with Gasteiger partial charge >= 0.3 is 0 Å². The summed E-state index contributed by atoms with van der Waals surface area (Å²) < 4.78 is 11.8. The summed E-state index contributed by atoms with van der Waals surface area (Å²) in [5.41, 5.74) is 1.26. The second kappa shape index (κ2) is 3.20. The van der Waals surface area contributed by atoms with Gasteiger partial charge in [-0.25, -0.2) is 0 Å². The van der Waals surface area contributed by atoms with E-state index >= 15 is 0 Å². The number of benzene rings is 1. The second-order valence-electron chi connectivity index (χ2n) is 5.63. The van der Waals surface area contributed by atoms with Crippen LogP contribution < -0.4 is 0 Å². The molecule has 1 fully saturated rings. The van der Waals surface area contributed by atoms with Gasteiger partial charge in [0.1, 0.15) is 18.3 Å². The SMILES string of the molecule is C[Si](C)(C)O[C@@]1(C#N)c2ccccc2[C@H]2O[C@H]21. The highest BCUT2D eigenvalue weighted by Gasteiger charge is 2.66. The van der Waals surface area contributed by atoms with Gasteiger partial charge in [-0.2, -0.15) is 5.26 Å². The third-order valence-corrected chi connectivity index (χ3v) is 4.13. The minimum Gasteiger partial charge on any atom is -0.394 e. The largest absolute Gasteiger partial charge is 0.394 e. The van der Waals surface area contributed by atoms with E-state index in [4.69, 9.17) is 9.16 Å². The molecule has 0 saturated carbocycles. The van der Waals surface area contributed by atoms with Gasteiger partial charge in [-0.15, -0.1) is 0 Å². The zero-order chi connectivity index (χ0) is 12.3. The summed E-state index contributed by atoms with van der Waals surface area (Å²) in [4.78, 5) is 0. The van der Waals surface area contributed by atoms with Crippen molar-refractivity contribution in [3.8, 4) is 6.07 Å². The summed E-state index contributed by atoms with van der Waals surface area (Å²) in [7, 11) is -1.80. The molecule has 88 valence electrons. The van der Waals surface area contributed by atoms with E-state index in [1.807, 2.05) is 24.3 Å². The Morgan fingerprint density at radius 1 is 1.35 bits per heavy atom. The van der Waals surface area contributed by atoms with E-state index in [-0.39, 0.29) is 12.2 Å². The van der Waals surface area contributed by atoms with Gasteiger partial charge in [0.15, 0.2) is 13.9 Å². The van der Waals surface area contributed by atoms with Crippen molar-refractivity contribution in [3.05, 3.63) is 35.4 Å². The van der Waals surface area contributed by atoms with Crippen LogP contribution in [0.25, 0.3) is 0 Å². The molecule has 1 heterocycles. The van der Waals surface area contributed by atoms with Crippen molar-refractivity contribution >= 4 is 8.32 Å². The molecule has 17 heavy (non-hydrogen) atoms. The van der Waals surface area contributed by atoms with Crippen LogP contribution in [-0.2, 0) is 14.8 Å². The molecule has 0 bridgehead atoms. The molecular formula is C13H15NO2Si. The maximum Gasteiger partial charge on any atom is 0.200 e.